The van der Waals surface area contributed by atoms with Crippen molar-refractivity contribution >= 4 is 34.8 Å². The molecule has 2 aromatic carbocycles. The van der Waals surface area contributed by atoms with Crippen LogP contribution in [0.15, 0.2) is 48.8 Å². The van der Waals surface area contributed by atoms with E-state index in [1.807, 2.05) is 19.2 Å². The van der Waals surface area contributed by atoms with Crippen LogP contribution >= 0.6 is 23.2 Å². The fourth-order valence-corrected chi connectivity index (χ4v) is 2.77. The molecule has 1 heterocycles. The summed E-state index contributed by atoms with van der Waals surface area (Å²) in [6, 6.07) is 12.5. The van der Waals surface area contributed by atoms with Gasteiger partial charge in [-0.15, -0.1) is 0 Å². The lowest BCUT2D eigenvalue weighted by Crippen LogP contribution is -2.14. The van der Waals surface area contributed by atoms with Crippen molar-refractivity contribution in [1.82, 2.24) is 14.8 Å². The van der Waals surface area contributed by atoms with Gasteiger partial charge in [0, 0.05) is 28.3 Å². The zero-order chi connectivity index (χ0) is 17.1. The molecule has 5 nitrogen and oxygen atoms in total. The van der Waals surface area contributed by atoms with Crippen LogP contribution < -0.4 is 5.32 Å². The van der Waals surface area contributed by atoms with Crippen LogP contribution in [-0.4, -0.2) is 20.7 Å². The summed E-state index contributed by atoms with van der Waals surface area (Å²) in [4.78, 5) is 16.4. The van der Waals surface area contributed by atoms with Crippen molar-refractivity contribution in [2.75, 3.05) is 5.32 Å². The Labute approximate surface area is 149 Å². The molecule has 0 saturated heterocycles. The van der Waals surface area contributed by atoms with E-state index in [2.05, 4.69) is 15.4 Å². The molecule has 1 N–H and O–H groups in total. The molecule has 0 saturated carbocycles. The second kappa shape index (κ2) is 7.03. The number of carbonyl (C=O) groups excluding carboxylic acids is 1. The lowest BCUT2D eigenvalue weighted by atomic mass is 10.1. The molecule has 24 heavy (non-hydrogen) atoms. The van der Waals surface area contributed by atoms with Gasteiger partial charge in [-0.25, -0.2) is 4.98 Å². The Morgan fingerprint density at radius 2 is 1.79 bits per heavy atom. The smallest absolute Gasteiger partial charge is 0.228 e. The molecule has 1 aromatic heterocycles. The Bertz CT molecular complexity index is 854. The Morgan fingerprint density at radius 3 is 2.38 bits per heavy atom. The highest BCUT2D eigenvalue weighted by Gasteiger charge is 2.11. The van der Waals surface area contributed by atoms with Crippen molar-refractivity contribution in [2.45, 2.75) is 6.42 Å². The first-order valence-electron chi connectivity index (χ1n) is 7.22. The third-order valence-corrected chi connectivity index (χ3v) is 4.13. The van der Waals surface area contributed by atoms with Crippen LogP contribution in [0.4, 0.5) is 5.69 Å². The highest BCUT2D eigenvalue weighted by molar-refractivity contribution is 6.36. The maximum atomic E-state index is 12.2. The number of rotatable bonds is 4. The average molecular weight is 361 g/mol. The molecule has 0 aliphatic carbocycles. The number of nitrogens with zero attached hydrogens (tertiary/aromatic N) is 3. The first kappa shape index (κ1) is 16.5. The Hall–Kier alpha value is -2.37. The summed E-state index contributed by atoms with van der Waals surface area (Å²) in [5.74, 6) is 0.451. The molecule has 122 valence electrons. The molecule has 0 fully saturated rings. The second-order valence-corrected chi connectivity index (χ2v) is 6.06. The molecule has 0 bridgehead atoms. The first-order valence-corrected chi connectivity index (χ1v) is 7.97. The Kier molecular flexibility index (Phi) is 4.83. The van der Waals surface area contributed by atoms with Crippen LogP contribution in [0.2, 0.25) is 10.0 Å². The van der Waals surface area contributed by atoms with Gasteiger partial charge in [-0.3, -0.25) is 9.48 Å². The zero-order valence-electron chi connectivity index (χ0n) is 12.8. The minimum absolute atomic E-state index is 0.113. The van der Waals surface area contributed by atoms with Crippen LogP contribution in [0.1, 0.15) is 5.56 Å². The SMILES string of the molecule is Cn1cnc(-c2ccc(NC(=O)Cc3c(Cl)cccc3Cl)cc2)n1. The third-order valence-electron chi connectivity index (χ3n) is 3.43. The van der Waals surface area contributed by atoms with Gasteiger partial charge < -0.3 is 5.32 Å². The number of hydrogen-bond donors (Lipinski definition) is 1. The summed E-state index contributed by atoms with van der Waals surface area (Å²) in [7, 11) is 1.81. The Morgan fingerprint density at radius 1 is 1.12 bits per heavy atom. The average Bonchev–Trinajstić information content (AvgIpc) is 2.98. The number of nitrogens with one attached hydrogen (secondary N) is 1. The fourth-order valence-electron chi connectivity index (χ4n) is 2.24. The number of carbonyl (C=O) groups is 1. The number of benzene rings is 2. The summed E-state index contributed by atoms with van der Waals surface area (Å²) in [6.45, 7) is 0. The minimum atomic E-state index is -0.186. The maximum absolute atomic E-state index is 12.2. The summed E-state index contributed by atoms with van der Waals surface area (Å²) in [6.07, 6.45) is 1.75. The molecule has 1 amide bonds. The van der Waals surface area contributed by atoms with E-state index in [0.717, 1.165) is 5.56 Å². The van der Waals surface area contributed by atoms with Gasteiger partial charge in [0.1, 0.15) is 6.33 Å². The van der Waals surface area contributed by atoms with E-state index >= 15 is 0 Å². The normalized spacial score (nSPS) is 10.6. The minimum Gasteiger partial charge on any atom is -0.326 e. The lowest BCUT2D eigenvalue weighted by molar-refractivity contribution is -0.115. The topological polar surface area (TPSA) is 59.8 Å². The largest absolute Gasteiger partial charge is 0.326 e. The van der Waals surface area contributed by atoms with Crippen molar-refractivity contribution in [3.8, 4) is 11.4 Å². The number of amides is 1. The van der Waals surface area contributed by atoms with Crippen LogP contribution in [0, 0.1) is 0 Å². The van der Waals surface area contributed by atoms with Crippen LogP contribution in [-0.2, 0) is 18.3 Å². The van der Waals surface area contributed by atoms with Gasteiger partial charge in [-0.1, -0.05) is 29.3 Å². The molecular weight excluding hydrogens is 347 g/mol. The molecular formula is C17H14Cl2N4O. The number of hydrogen-bond acceptors (Lipinski definition) is 3. The van der Waals surface area contributed by atoms with E-state index in [1.54, 1.807) is 41.3 Å². The third kappa shape index (κ3) is 3.75. The Balaban J connectivity index is 1.69. The molecule has 0 aliphatic rings. The van der Waals surface area contributed by atoms with E-state index in [9.17, 15) is 4.79 Å². The molecule has 3 rings (SSSR count). The first-order chi connectivity index (χ1) is 11.5. The van der Waals surface area contributed by atoms with E-state index in [-0.39, 0.29) is 12.3 Å². The van der Waals surface area contributed by atoms with Gasteiger partial charge in [-0.2, -0.15) is 5.10 Å². The van der Waals surface area contributed by atoms with Crippen LogP contribution in [0.25, 0.3) is 11.4 Å². The summed E-state index contributed by atoms with van der Waals surface area (Å²) in [5, 5.41) is 8.02. The van der Waals surface area contributed by atoms with E-state index in [4.69, 9.17) is 23.2 Å². The lowest BCUT2D eigenvalue weighted by Gasteiger charge is -2.08. The van der Waals surface area contributed by atoms with Gasteiger partial charge in [0.05, 0.1) is 6.42 Å². The highest BCUT2D eigenvalue weighted by atomic mass is 35.5. The van der Waals surface area contributed by atoms with Crippen molar-refractivity contribution in [2.24, 2.45) is 7.05 Å². The molecule has 0 unspecified atom stereocenters. The number of halogens is 2. The number of aryl methyl sites for hydroxylation is 1. The van der Waals surface area contributed by atoms with Gasteiger partial charge in [0.2, 0.25) is 5.91 Å². The molecule has 7 heteroatoms. The fraction of sp³-hybridized carbons (Fsp3) is 0.118. The van der Waals surface area contributed by atoms with Gasteiger partial charge in [0.25, 0.3) is 0 Å². The van der Waals surface area contributed by atoms with Gasteiger partial charge in [0.15, 0.2) is 5.82 Å². The summed E-state index contributed by atoms with van der Waals surface area (Å²) < 4.78 is 1.64. The second-order valence-electron chi connectivity index (χ2n) is 5.24. The molecule has 0 atom stereocenters. The predicted molar refractivity (Wildman–Crippen MR) is 95.2 cm³/mol. The van der Waals surface area contributed by atoms with Crippen molar-refractivity contribution in [3.63, 3.8) is 0 Å². The van der Waals surface area contributed by atoms with E-state index in [0.29, 0.717) is 27.1 Å². The molecule has 0 spiro atoms. The quantitative estimate of drug-likeness (QED) is 0.765. The number of anilines is 1. The van der Waals surface area contributed by atoms with E-state index in [1.165, 1.54) is 0 Å². The monoisotopic (exact) mass is 360 g/mol. The van der Waals surface area contributed by atoms with Crippen LogP contribution in [0.5, 0.6) is 0 Å². The van der Waals surface area contributed by atoms with Crippen LogP contribution in [0.3, 0.4) is 0 Å². The standard InChI is InChI=1S/C17H14Cl2N4O/c1-23-10-20-17(22-23)11-5-7-12(8-6-11)21-16(24)9-13-14(18)3-2-4-15(13)19/h2-8,10H,9H2,1H3,(H,21,24). The van der Waals surface area contributed by atoms with E-state index < -0.39 is 0 Å². The molecule has 3 aromatic rings. The van der Waals surface area contributed by atoms with Crippen molar-refractivity contribution < 1.29 is 4.79 Å². The molecule has 0 aliphatic heterocycles. The maximum Gasteiger partial charge on any atom is 0.228 e. The van der Waals surface area contributed by atoms with Crippen molar-refractivity contribution in [3.05, 3.63) is 64.4 Å². The van der Waals surface area contributed by atoms with Gasteiger partial charge >= 0.3 is 0 Å². The summed E-state index contributed by atoms with van der Waals surface area (Å²) in [5.41, 5.74) is 2.18. The zero-order valence-corrected chi connectivity index (χ0v) is 14.3. The summed E-state index contributed by atoms with van der Waals surface area (Å²) >= 11 is 12.2. The van der Waals surface area contributed by atoms with Crippen molar-refractivity contribution in [1.29, 1.82) is 0 Å². The number of aromatic nitrogens is 3. The predicted octanol–water partition coefficient (Wildman–Crippen LogP) is 3.97. The van der Waals surface area contributed by atoms with Gasteiger partial charge in [-0.05, 0) is 42.0 Å². The molecule has 0 radical (unpaired) electrons. The highest BCUT2D eigenvalue weighted by Crippen LogP contribution is 2.25.